The van der Waals surface area contributed by atoms with E-state index in [1.807, 2.05) is 12.4 Å². The van der Waals surface area contributed by atoms with Crippen molar-refractivity contribution < 1.29 is 0 Å². The maximum atomic E-state index is 6.68. The minimum absolute atomic E-state index is 0.191. The van der Waals surface area contributed by atoms with Crippen LogP contribution in [-0.2, 0) is 5.54 Å². The standard InChI is InChI=1S/C18H22N2/c1-14-9-12-20-13-17(14)18(19)10-7-16(8-11-18)15-5-3-2-4-6-15/h2-6,9,12-13,16H,7-8,10-11,19H2,1H3. The summed E-state index contributed by atoms with van der Waals surface area (Å²) in [4.78, 5) is 4.26. The van der Waals surface area contributed by atoms with Crippen molar-refractivity contribution in [1.82, 2.24) is 4.98 Å². The van der Waals surface area contributed by atoms with Crippen LogP contribution in [0.25, 0.3) is 0 Å². The first-order valence-electron chi connectivity index (χ1n) is 7.44. The lowest BCUT2D eigenvalue weighted by molar-refractivity contribution is 0.275. The number of aromatic nitrogens is 1. The Bertz CT molecular complexity index is 569. The van der Waals surface area contributed by atoms with E-state index in [1.54, 1.807) is 0 Å². The lowest BCUT2D eigenvalue weighted by atomic mass is 9.71. The van der Waals surface area contributed by atoms with E-state index in [0.29, 0.717) is 5.92 Å². The summed E-state index contributed by atoms with van der Waals surface area (Å²) in [5.41, 5.74) is 10.4. The number of nitrogens with zero attached hydrogens (tertiary/aromatic N) is 1. The molecule has 0 amide bonds. The van der Waals surface area contributed by atoms with Gasteiger partial charge in [-0.15, -0.1) is 0 Å². The summed E-state index contributed by atoms with van der Waals surface area (Å²) in [6.07, 6.45) is 8.21. The van der Waals surface area contributed by atoms with Gasteiger partial charge in [-0.25, -0.2) is 0 Å². The lowest BCUT2D eigenvalue weighted by Crippen LogP contribution is -2.40. The third-order valence-corrected chi connectivity index (χ3v) is 4.72. The number of nitrogens with two attached hydrogens (primary N) is 1. The average molecular weight is 266 g/mol. The van der Waals surface area contributed by atoms with Gasteiger partial charge in [-0.1, -0.05) is 30.3 Å². The molecule has 0 spiro atoms. The Kier molecular flexibility index (Phi) is 3.58. The second kappa shape index (κ2) is 5.37. The number of benzene rings is 1. The lowest BCUT2D eigenvalue weighted by Gasteiger charge is -2.38. The normalized spacial score (nSPS) is 26.4. The molecule has 0 aliphatic heterocycles. The van der Waals surface area contributed by atoms with Crippen LogP contribution in [0.1, 0.15) is 48.3 Å². The molecular weight excluding hydrogens is 244 g/mol. The monoisotopic (exact) mass is 266 g/mol. The molecular formula is C18H22N2. The number of pyridine rings is 1. The van der Waals surface area contributed by atoms with Gasteiger partial charge in [0.05, 0.1) is 0 Å². The Morgan fingerprint density at radius 1 is 1.10 bits per heavy atom. The molecule has 0 atom stereocenters. The first kappa shape index (κ1) is 13.3. The fourth-order valence-electron chi connectivity index (χ4n) is 3.45. The van der Waals surface area contributed by atoms with Gasteiger partial charge < -0.3 is 5.73 Å². The number of rotatable bonds is 2. The van der Waals surface area contributed by atoms with Gasteiger partial charge in [0.15, 0.2) is 0 Å². The topological polar surface area (TPSA) is 38.9 Å². The summed E-state index contributed by atoms with van der Waals surface area (Å²) < 4.78 is 0. The fraction of sp³-hybridized carbons (Fsp3) is 0.389. The van der Waals surface area contributed by atoms with E-state index in [4.69, 9.17) is 5.73 Å². The van der Waals surface area contributed by atoms with Crippen molar-refractivity contribution in [2.45, 2.75) is 44.1 Å². The molecule has 1 saturated carbocycles. The highest BCUT2D eigenvalue weighted by Crippen LogP contribution is 2.42. The van der Waals surface area contributed by atoms with Crippen LogP contribution in [0.4, 0.5) is 0 Å². The second-order valence-electron chi connectivity index (χ2n) is 6.03. The summed E-state index contributed by atoms with van der Waals surface area (Å²) in [6.45, 7) is 2.13. The van der Waals surface area contributed by atoms with Crippen molar-refractivity contribution in [2.24, 2.45) is 5.73 Å². The molecule has 0 unspecified atom stereocenters. The van der Waals surface area contributed by atoms with Crippen LogP contribution < -0.4 is 5.73 Å². The molecule has 1 fully saturated rings. The van der Waals surface area contributed by atoms with E-state index in [1.165, 1.54) is 16.7 Å². The molecule has 104 valence electrons. The van der Waals surface area contributed by atoms with Gasteiger partial charge in [0.1, 0.15) is 0 Å². The quantitative estimate of drug-likeness (QED) is 0.895. The van der Waals surface area contributed by atoms with Gasteiger partial charge in [0.25, 0.3) is 0 Å². The van der Waals surface area contributed by atoms with Gasteiger partial charge in [-0.2, -0.15) is 0 Å². The van der Waals surface area contributed by atoms with E-state index in [0.717, 1.165) is 25.7 Å². The second-order valence-corrected chi connectivity index (χ2v) is 6.03. The molecule has 1 aliphatic rings. The molecule has 1 heterocycles. The Morgan fingerprint density at radius 3 is 2.45 bits per heavy atom. The van der Waals surface area contributed by atoms with Crippen LogP contribution in [0, 0.1) is 6.92 Å². The minimum Gasteiger partial charge on any atom is -0.321 e. The van der Waals surface area contributed by atoms with Crippen LogP contribution in [0.15, 0.2) is 48.8 Å². The van der Waals surface area contributed by atoms with Crippen molar-refractivity contribution >= 4 is 0 Å². The van der Waals surface area contributed by atoms with Gasteiger partial charge in [0.2, 0.25) is 0 Å². The van der Waals surface area contributed by atoms with Crippen LogP contribution in [-0.4, -0.2) is 4.98 Å². The predicted molar refractivity (Wildman–Crippen MR) is 82.5 cm³/mol. The van der Waals surface area contributed by atoms with Crippen LogP contribution in [0.3, 0.4) is 0 Å². The highest BCUT2D eigenvalue weighted by molar-refractivity contribution is 5.31. The summed E-state index contributed by atoms with van der Waals surface area (Å²) in [5, 5.41) is 0. The summed E-state index contributed by atoms with van der Waals surface area (Å²) in [5.74, 6) is 0.657. The Labute approximate surface area is 121 Å². The molecule has 1 aliphatic carbocycles. The van der Waals surface area contributed by atoms with E-state index in [9.17, 15) is 0 Å². The highest BCUT2D eigenvalue weighted by atomic mass is 14.8. The van der Waals surface area contributed by atoms with Crippen LogP contribution >= 0.6 is 0 Å². The van der Waals surface area contributed by atoms with Gasteiger partial charge in [-0.3, -0.25) is 4.98 Å². The smallest absolute Gasteiger partial charge is 0.0428 e. The van der Waals surface area contributed by atoms with Crippen molar-refractivity contribution in [3.8, 4) is 0 Å². The van der Waals surface area contributed by atoms with E-state index >= 15 is 0 Å². The molecule has 1 aromatic heterocycles. The number of hydrogen-bond acceptors (Lipinski definition) is 2. The first-order valence-corrected chi connectivity index (χ1v) is 7.44. The van der Waals surface area contributed by atoms with Crippen molar-refractivity contribution in [3.63, 3.8) is 0 Å². The number of aryl methyl sites for hydroxylation is 1. The average Bonchev–Trinajstić information content (AvgIpc) is 2.49. The van der Waals surface area contributed by atoms with Crippen LogP contribution in [0.5, 0.6) is 0 Å². The molecule has 3 rings (SSSR count). The maximum absolute atomic E-state index is 6.68. The molecule has 2 nitrogen and oxygen atoms in total. The Hall–Kier alpha value is -1.67. The molecule has 2 heteroatoms. The molecule has 0 bridgehead atoms. The van der Waals surface area contributed by atoms with Gasteiger partial charge >= 0.3 is 0 Å². The minimum atomic E-state index is -0.191. The zero-order valence-electron chi connectivity index (χ0n) is 12.0. The van der Waals surface area contributed by atoms with Crippen molar-refractivity contribution in [2.75, 3.05) is 0 Å². The molecule has 0 radical (unpaired) electrons. The molecule has 0 saturated heterocycles. The summed E-state index contributed by atoms with van der Waals surface area (Å²) in [7, 11) is 0. The largest absolute Gasteiger partial charge is 0.321 e. The molecule has 2 aromatic rings. The van der Waals surface area contributed by atoms with E-state index in [2.05, 4.69) is 48.3 Å². The zero-order chi connectivity index (χ0) is 14.0. The van der Waals surface area contributed by atoms with Crippen molar-refractivity contribution in [1.29, 1.82) is 0 Å². The van der Waals surface area contributed by atoms with E-state index in [-0.39, 0.29) is 5.54 Å². The van der Waals surface area contributed by atoms with Gasteiger partial charge in [0, 0.05) is 17.9 Å². The SMILES string of the molecule is Cc1ccncc1C1(N)CCC(c2ccccc2)CC1. The summed E-state index contributed by atoms with van der Waals surface area (Å²) in [6, 6.07) is 12.9. The summed E-state index contributed by atoms with van der Waals surface area (Å²) >= 11 is 0. The van der Waals surface area contributed by atoms with E-state index < -0.39 is 0 Å². The number of hydrogen-bond donors (Lipinski definition) is 1. The third kappa shape index (κ3) is 2.48. The third-order valence-electron chi connectivity index (χ3n) is 4.72. The maximum Gasteiger partial charge on any atom is 0.0428 e. The van der Waals surface area contributed by atoms with Crippen LogP contribution in [0.2, 0.25) is 0 Å². The molecule has 1 aromatic carbocycles. The fourth-order valence-corrected chi connectivity index (χ4v) is 3.45. The molecule has 2 N–H and O–H groups in total. The van der Waals surface area contributed by atoms with Gasteiger partial charge in [-0.05, 0) is 61.3 Å². The Morgan fingerprint density at radius 2 is 1.80 bits per heavy atom. The highest BCUT2D eigenvalue weighted by Gasteiger charge is 2.34. The van der Waals surface area contributed by atoms with Crippen molar-refractivity contribution in [3.05, 3.63) is 65.5 Å². The first-order chi connectivity index (χ1) is 9.69. The Balaban J connectivity index is 1.77. The predicted octanol–water partition coefficient (Wildman–Crippen LogP) is 3.90. The zero-order valence-corrected chi connectivity index (χ0v) is 12.0. The molecule has 20 heavy (non-hydrogen) atoms.